The number of amides is 1. The van der Waals surface area contributed by atoms with E-state index >= 15 is 0 Å². The van der Waals surface area contributed by atoms with Crippen molar-refractivity contribution in [3.05, 3.63) is 11.7 Å². The highest BCUT2D eigenvalue weighted by Gasteiger charge is 2.22. The Bertz CT molecular complexity index is 424. The molecule has 106 valence electrons. The lowest BCUT2D eigenvalue weighted by molar-refractivity contribution is -0.133. The molecule has 0 bridgehead atoms. The lowest BCUT2D eigenvalue weighted by Crippen LogP contribution is -2.49. The van der Waals surface area contributed by atoms with Crippen LogP contribution in [-0.4, -0.2) is 58.1 Å². The van der Waals surface area contributed by atoms with Gasteiger partial charge in [0.25, 0.3) is 0 Å². The molecule has 1 aromatic rings. The summed E-state index contributed by atoms with van der Waals surface area (Å²) in [6, 6.07) is -0.0769. The predicted molar refractivity (Wildman–Crippen MR) is 69.2 cm³/mol. The highest BCUT2D eigenvalue weighted by Crippen LogP contribution is 2.08. The molecule has 1 atom stereocenters. The van der Waals surface area contributed by atoms with Gasteiger partial charge in [0.15, 0.2) is 5.82 Å². The summed E-state index contributed by atoms with van der Waals surface area (Å²) in [7, 11) is 0. The fraction of sp³-hybridized carbons (Fsp3) is 0.750. The van der Waals surface area contributed by atoms with Crippen LogP contribution in [0.1, 0.15) is 25.1 Å². The highest BCUT2D eigenvalue weighted by molar-refractivity contribution is 5.76. The van der Waals surface area contributed by atoms with E-state index in [1.165, 1.54) is 0 Å². The molecule has 0 saturated carbocycles. The number of hydrogen-bond acceptors (Lipinski definition) is 6. The van der Waals surface area contributed by atoms with Gasteiger partial charge in [0, 0.05) is 38.6 Å². The molecule has 7 heteroatoms. The van der Waals surface area contributed by atoms with Crippen molar-refractivity contribution in [1.82, 2.24) is 19.9 Å². The van der Waals surface area contributed by atoms with Gasteiger partial charge in [-0.1, -0.05) is 5.16 Å². The van der Waals surface area contributed by atoms with E-state index in [1.54, 1.807) is 6.92 Å². The molecule has 0 radical (unpaired) electrons. The molecule has 1 aliphatic rings. The van der Waals surface area contributed by atoms with Crippen molar-refractivity contribution in [3.8, 4) is 0 Å². The van der Waals surface area contributed by atoms with E-state index in [-0.39, 0.29) is 11.9 Å². The zero-order chi connectivity index (χ0) is 13.8. The summed E-state index contributed by atoms with van der Waals surface area (Å²) >= 11 is 0. The number of aryl methyl sites for hydroxylation is 1. The van der Waals surface area contributed by atoms with Gasteiger partial charge >= 0.3 is 0 Å². The van der Waals surface area contributed by atoms with Crippen LogP contribution in [0.5, 0.6) is 0 Å². The monoisotopic (exact) mass is 267 g/mol. The van der Waals surface area contributed by atoms with Crippen LogP contribution in [0.2, 0.25) is 0 Å². The van der Waals surface area contributed by atoms with E-state index in [1.807, 2.05) is 11.8 Å². The first kappa shape index (κ1) is 14.0. The maximum atomic E-state index is 11.9. The van der Waals surface area contributed by atoms with E-state index < -0.39 is 0 Å². The van der Waals surface area contributed by atoms with Crippen molar-refractivity contribution in [1.29, 1.82) is 0 Å². The minimum absolute atomic E-state index is 0.0769. The van der Waals surface area contributed by atoms with Gasteiger partial charge < -0.3 is 15.2 Å². The first-order chi connectivity index (χ1) is 9.04. The van der Waals surface area contributed by atoms with Crippen molar-refractivity contribution in [2.75, 3.05) is 26.2 Å². The Kier molecular flexibility index (Phi) is 4.49. The summed E-state index contributed by atoms with van der Waals surface area (Å²) < 4.78 is 5.09. The first-order valence-electron chi connectivity index (χ1n) is 6.59. The van der Waals surface area contributed by atoms with Gasteiger partial charge in [0.1, 0.15) is 0 Å². The van der Waals surface area contributed by atoms with Gasteiger partial charge in [-0.15, -0.1) is 0 Å². The molecule has 1 aromatic heterocycles. The van der Waals surface area contributed by atoms with Crippen molar-refractivity contribution in [2.24, 2.45) is 5.73 Å². The van der Waals surface area contributed by atoms with Gasteiger partial charge in [-0.25, -0.2) is 0 Å². The Balaban J connectivity index is 1.77. The third kappa shape index (κ3) is 4.00. The third-order valence-corrected chi connectivity index (χ3v) is 3.15. The highest BCUT2D eigenvalue weighted by atomic mass is 16.5. The molecule has 2 heterocycles. The SMILES string of the molecule is Cc1noc(CN2CCN(C(=O)CC(C)N)CC2)n1. The molecular formula is C12H21N5O2. The minimum atomic E-state index is -0.0769. The maximum absolute atomic E-state index is 11.9. The Labute approximate surface area is 112 Å². The van der Waals surface area contributed by atoms with Crippen molar-refractivity contribution < 1.29 is 9.32 Å². The Morgan fingerprint density at radius 3 is 2.63 bits per heavy atom. The van der Waals surface area contributed by atoms with E-state index in [4.69, 9.17) is 10.3 Å². The molecule has 1 saturated heterocycles. The molecule has 2 N–H and O–H groups in total. The summed E-state index contributed by atoms with van der Waals surface area (Å²) in [5.41, 5.74) is 5.65. The third-order valence-electron chi connectivity index (χ3n) is 3.15. The summed E-state index contributed by atoms with van der Waals surface area (Å²) in [6.07, 6.45) is 0.419. The van der Waals surface area contributed by atoms with Gasteiger partial charge in [0.05, 0.1) is 6.54 Å². The van der Waals surface area contributed by atoms with Crippen LogP contribution in [0.15, 0.2) is 4.52 Å². The van der Waals surface area contributed by atoms with Crippen LogP contribution in [0.25, 0.3) is 0 Å². The second kappa shape index (κ2) is 6.12. The number of hydrogen-bond donors (Lipinski definition) is 1. The Morgan fingerprint density at radius 1 is 1.42 bits per heavy atom. The molecule has 1 fully saturated rings. The number of piperazine rings is 1. The first-order valence-corrected chi connectivity index (χ1v) is 6.59. The maximum Gasteiger partial charge on any atom is 0.240 e. The second-order valence-electron chi connectivity index (χ2n) is 5.07. The van der Waals surface area contributed by atoms with E-state index in [0.717, 1.165) is 26.2 Å². The van der Waals surface area contributed by atoms with Crippen molar-refractivity contribution in [3.63, 3.8) is 0 Å². The van der Waals surface area contributed by atoms with Crippen LogP contribution >= 0.6 is 0 Å². The number of carbonyl (C=O) groups is 1. The van der Waals surface area contributed by atoms with Crippen LogP contribution in [0, 0.1) is 6.92 Å². The fourth-order valence-corrected chi connectivity index (χ4v) is 2.16. The molecule has 7 nitrogen and oxygen atoms in total. The molecule has 0 aromatic carbocycles. The smallest absolute Gasteiger partial charge is 0.240 e. The van der Waals surface area contributed by atoms with Crippen molar-refractivity contribution >= 4 is 5.91 Å². The molecule has 0 spiro atoms. The molecule has 1 aliphatic heterocycles. The summed E-state index contributed by atoms with van der Waals surface area (Å²) in [5.74, 6) is 1.43. The lowest BCUT2D eigenvalue weighted by Gasteiger charge is -2.34. The van der Waals surface area contributed by atoms with Crippen LogP contribution < -0.4 is 5.73 Å². The van der Waals surface area contributed by atoms with E-state index in [9.17, 15) is 4.79 Å². The van der Waals surface area contributed by atoms with Crippen molar-refractivity contribution in [2.45, 2.75) is 32.9 Å². The van der Waals surface area contributed by atoms with E-state index in [2.05, 4.69) is 15.0 Å². The molecule has 0 aliphatic carbocycles. The molecule has 2 rings (SSSR count). The number of nitrogens with two attached hydrogens (primary N) is 1. The van der Waals surface area contributed by atoms with E-state index in [0.29, 0.717) is 24.7 Å². The molecule has 19 heavy (non-hydrogen) atoms. The predicted octanol–water partition coefficient (Wildman–Crippen LogP) is -0.240. The quantitative estimate of drug-likeness (QED) is 0.810. The van der Waals surface area contributed by atoms with Crippen LogP contribution in [0.4, 0.5) is 0 Å². The number of carbonyl (C=O) groups excluding carboxylic acids is 1. The fourth-order valence-electron chi connectivity index (χ4n) is 2.16. The number of aromatic nitrogens is 2. The van der Waals surface area contributed by atoms with Gasteiger partial charge in [0.2, 0.25) is 11.8 Å². The summed E-state index contributed by atoms with van der Waals surface area (Å²) in [6.45, 7) is 7.43. The molecule has 1 amide bonds. The largest absolute Gasteiger partial charge is 0.340 e. The average Bonchev–Trinajstić information content (AvgIpc) is 2.75. The lowest BCUT2D eigenvalue weighted by atomic mass is 10.2. The standard InChI is InChI=1S/C12H21N5O2/c1-9(13)7-12(18)17-5-3-16(4-6-17)8-11-14-10(2)15-19-11/h9H,3-8,13H2,1-2H3. The second-order valence-corrected chi connectivity index (χ2v) is 5.07. The normalized spacial score (nSPS) is 18.6. The Morgan fingerprint density at radius 2 is 2.11 bits per heavy atom. The average molecular weight is 267 g/mol. The Hall–Kier alpha value is -1.47. The summed E-state index contributed by atoms with van der Waals surface area (Å²) in [4.78, 5) is 20.1. The van der Waals surface area contributed by atoms with Gasteiger partial charge in [-0.05, 0) is 13.8 Å². The van der Waals surface area contributed by atoms with Gasteiger partial charge in [-0.3, -0.25) is 9.69 Å². The summed E-state index contributed by atoms with van der Waals surface area (Å²) in [5, 5.41) is 3.77. The topological polar surface area (TPSA) is 88.5 Å². The minimum Gasteiger partial charge on any atom is -0.340 e. The molecule has 1 unspecified atom stereocenters. The van der Waals surface area contributed by atoms with Crippen LogP contribution in [-0.2, 0) is 11.3 Å². The zero-order valence-corrected chi connectivity index (χ0v) is 11.5. The van der Waals surface area contributed by atoms with Gasteiger partial charge in [-0.2, -0.15) is 4.98 Å². The van der Waals surface area contributed by atoms with Crippen LogP contribution in [0.3, 0.4) is 0 Å². The molecular weight excluding hydrogens is 246 g/mol. The number of rotatable bonds is 4. The zero-order valence-electron chi connectivity index (χ0n) is 11.5. The number of nitrogens with zero attached hydrogens (tertiary/aromatic N) is 4.